The highest BCUT2D eigenvalue weighted by molar-refractivity contribution is 5.26. The Bertz CT molecular complexity index is 653. The monoisotopic (exact) mass is 444 g/mol. The average molecular weight is 445 g/mol. The van der Waals surface area contributed by atoms with Crippen molar-refractivity contribution in [3.05, 3.63) is 11.6 Å². The minimum atomic E-state index is 0.369. The van der Waals surface area contributed by atoms with E-state index in [1.807, 2.05) is 0 Å². The number of ether oxygens (including phenoxy) is 2. The van der Waals surface area contributed by atoms with Gasteiger partial charge in [-0.1, -0.05) is 65.5 Å². The van der Waals surface area contributed by atoms with E-state index in [2.05, 4.69) is 40.7 Å². The van der Waals surface area contributed by atoms with Crippen LogP contribution in [0.4, 0.5) is 0 Å². The van der Waals surface area contributed by atoms with Crippen molar-refractivity contribution in [2.24, 2.45) is 46.3 Å². The van der Waals surface area contributed by atoms with Gasteiger partial charge in [0.05, 0.1) is 6.10 Å². The minimum absolute atomic E-state index is 0.369. The zero-order valence-electron chi connectivity index (χ0n) is 22.1. The summed E-state index contributed by atoms with van der Waals surface area (Å²) in [5, 5.41) is 0. The Kier molecular flexibility index (Phi) is 7.82. The van der Waals surface area contributed by atoms with Gasteiger partial charge in [0.25, 0.3) is 0 Å². The standard InChI is InChI=1S/C30H52O2/c1-7-30-18-15-24(32-20-31-6)19-23(30)11-12-25-27-14-13-26(22(4)10-8-9-21(2)3)29(27,5)17-16-28(25)30/h11,21-22,24-28H,7-10,12-20H2,1-6H3/t22-,24+,25+,26-,27+,28+,29-,30?/m1/s1. The van der Waals surface area contributed by atoms with Crippen molar-refractivity contribution in [2.75, 3.05) is 13.9 Å². The molecule has 0 amide bonds. The zero-order chi connectivity index (χ0) is 22.9. The van der Waals surface area contributed by atoms with Gasteiger partial charge in [-0.25, -0.2) is 0 Å². The molecule has 32 heavy (non-hydrogen) atoms. The zero-order valence-corrected chi connectivity index (χ0v) is 22.1. The van der Waals surface area contributed by atoms with Crippen molar-refractivity contribution in [1.29, 1.82) is 0 Å². The summed E-state index contributed by atoms with van der Waals surface area (Å²) >= 11 is 0. The third kappa shape index (κ3) is 4.37. The molecule has 0 aliphatic heterocycles. The molecule has 0 radical (unpaired) electrons. The fourth-order valence-electron chi connectivity index (χ4n) is 9.42. The molecular weight excluding hydrogens is 392 g/mol. The van der Waals surface area contributed by atoms with Crippen LogP contribution in [0.15, 0.2) is 11.6 Å². The molecule has 0 N–H and O–H groups in total. The maximum Gasteiger partial charge on any atom is 0.146 e. The van der Waals surface area contributed by atoms with Crippen molar-refractivity contribution in [3.63, 3.8) is 0 Å². The van der Waals surface area contributed by atoms with E-state index >= 15 is 0 Å². The molecule has 3 fully saturated rings. The van der Waals surface area contributed by atoms with Crippen molar-refractivity contribution in [3.8, 4) is 0 Å². The van der Waals surface area contributed by atoms with Crippen molar-refractivity contribution < 1.29 is 9.47 Å². The first-order valence-corrected chi connectivity index (χ1v) is 14.2. The Morgan fingerprint density at radius 3 is 2.56 bits per heavy atom. The quantitative estimate of drug-likeness (QED) is 0.262. The fraction of sp³-hybridized carbons (Fsp3) is 0.933. The van der Waals surface area contributed by atoms with Crippen LogP contribution in [0.1, 0.15) is 112 Å². The van der Waals surface area contributed by atoms with Gasteiger partial charge in [0.2, 0.25) is 0 Å². The lowest BCUT2D eigenvalue weighted by Gasteiger charge is -2.59. The van der Waals surface area contributed by atoms with Crippen molar-refractivity contribution >= 4 is 0 Å². The van der Waals surface area contributed by atoms with E-state index in [1.54, 1.807) is 12.7 Å². The van der Waals surface area contributed by atoms with Crippen molar-refractivity contribution in [1.82, 2.24) is 0 Å². The molecule has 2 nitrogen and oxygen atoms in total. The molecule has 8 atom stereocenters. The molecule has 0 bridgehead atoms. The number of hydrogen-bond donors (Lipinski definition) is 0. The molecule has 0 aromatic carbocycles. The van der Waals surface area contributed by atoms with Crippen LogP contribution in [-0.4, -0.2) is 20.0 Å². The van der Waals surface area contributed by atoms with Gasteiger partial charge in [-0.3, -0.25) is 0 Å². The lowest BCUT2D eigenvalue weighted by atomic mass is 9.46. The maximum absolute atomic E-state index is 6.02. The minimum Gasteiger partial charge on any atom is -0.359 e. The highest BCUT2D eigenvalue weighted by Gasteiger charge is 2.59. The molecule has 0 aromatic heterocycles. The van der Waals surface area contributed by atoms with Crippen LogP contribution >= 0.6 is 0 Å². The first kappa shape index (κ1) is 24.8. The van der Waals surface area contributed by atoms with Gasteiger partial charge >= 0.3 is 0 Å². The second-order valence-electron chi connectivity index (χ2n) is 12.8. The summed E-state index contributed by atoms with van der Waals surface area (Å²) < 4.78 is 11.2. The number of rotatable bonds is 9. The molecule has 2 heteroatoms. The summed E-state index contributed by atoms with van der Waals surface area (Å²) in [7, 11) is 1.74. The number of hydrogen-bond acceptors (Lipinski definition) is 2. The second-order valence-corrected chi connectivity index (χ2v) is 12.8. The molecule has 0 saturated heterocycles. The van der Waals surface area contributed by atoms with Crippen LogP contribution in [0, 0.1) is 46.3 Å². The highest BCUT2D eigenvalue weighted by atomic mass is 16.7. The Hall–Kier alpha value is -0.340. The van der Waals surface area contributed by atoms with E-state index in [4.69, 9.17) is 9.47 Å². The van der Waals surface area contributed by atoms with Gasteiger partial charge in [-0.15, -0.1) is 0 Å². The molecule has 4 aliphatic rings. The Morgan fingerprint density at radius 1 is 1.03 bits per heavy atom. The Labute approximate surface area is 199 Å². The number of allylic oxidation sites excluding steroid dienone is 1. The SMILES string of the molecule is CCC12CC[C@H](OCOC)CC1=CC[C@@H]1[C@@H]2CC[C@]2(C)[C@@H]([C@H](C)CCCC(C)C)CC[C@@H]12. The third-order valence-electron chi connectivity index (χ3n) is 11.0. The topological polar surface area (TPSA) is 18.5 Å². The summed E-state index contributed by atoms with van der Waals surface area (Å²) in [5.74, 6) is 5.53. The largest absolute Gasteiger partial charge is 0.359 e. The highest BCUT2D eigenvalue weighted by Crippen LogP contribution is 2.68. The molecule has 3 saturated carbocycles. The van der Waals surface area contributed by atoms with Crippen LogP contribution in [0.5, 0.6) is 0 Å². The summed E-state index contributed by atoms with van der Waals surface area (Å²) in [5.41, 5.74) is 2.82. The third-order valence-corrected chi connectivity index (χ3v) is 11.0. The lowest BCUT2D eigenvalue weighted by molar-refractivity contribution is -0.102. The average Bonchev–Trinajstić information content (AvgIpc) is 3.14. The molecule has 4 rings (SSSR count). The molecule has 184 valence electrons. The summed E-state index contributed by atoms with van der Waals surface area (Å²) in [6, 6.07) is 0. The van der Waals surface area contributed by atoms with Crippen LogP contribution in [0.3, 0.4) is 0 Å². The predicted molar refractivity (Wildman–Crippen MR) is 134 cm³/mol. The molecular formula is C30H52O2. The normalized spacial score (nSPS) is 42.2. The number of fused-ring (bicyclic) bond motifs is 5. The van der Waals surface area contributed by atoms with E-state index in [1.165, 1.54) is 70.6 Å². The Morgan fingerprint density at radius 2 is 1.84 bits per heavy atom. The van der Waals surface area contributed by atoms with Gasteiger partial charge in [0, 0.05) is 7.11 Å². The van der Waals surface area contributed by atoms with Crippen LogP contribution < -0.4 is 0 Å². The van der Waals surface area contributed by atoms with E-state index in [0.717, 1.165) is 41.9 Å². The molecule has 0 spiro atoms. The summed E-state index contributed by atoms with van der Waals surface area (Å²) in [6.45, 7) is 13.0. The smallest absolute Gasteiger partial charge is 0.146 e. The van der Waals surface area contributed by atoms with Crippen molar-refractivity contribution in [2.45, 2.75) is 118 Å². The van der Waals surface area contributed by atoms with Gasteiger partial charge < -0.3 is 9.47 Å². The maximum atomic E-state index is 6.02. The van der Waals surface area contributed by atoms with E-state index in [9.17, 15) is 0 Å². The molecule has 4 aliphatic carbocycles. The summed E-state index contributed by atoms with van der Waals surface area (Å²) in [4.78, 5) is 0. The first-order chi connectivity index (χ1) is 15.4. The van der Waals surface area contributed by atoms with Gasteiger partial charge in [-0.2, -0.15) is 0 Å². The first-order valence-electron chi connectivity index (χ1n) is 14.2. The van der Waals surface area contributed by atoms with Crippen LogP contribution in [0.25, 0.3) is 0 Å². The van der Waals surface area contributed by atoms with Crippen LogP contribution in [0.2, 0.25) is 0 Å². The van der Waals surface area contributed by atoms with Gasteiger partial charge in [0.1, 0.15) is 6.79 Å². The van der Waals surface area contributed by atoms with E-state index in [-0.39, 0.29) is 0 Å². The molecule has 1 unspecified atom stereocenters. The summed E-state index contributed by atoms with van der Waals surface area (Å²) in [6.07, 6.45) is 19.7. The Balaban J connectivity index is 1.48. The van der Waals surface area contributed by atoms with Gasteiger partial charge in [0.15, 0.2) is 0 Å². The molecule has 0 heterocycles. The second kappa shape index (κ2) is 10.1. The lowest BCUT2D eigenvalue weighted by Crippen LogP contribution is -2.51. The fourth-order valence-corrected chi connectivity index (χ4v) is 9.42. The van der Waals surface area contributed by atoms with Crippen LogP contribution in [-0.2, 0) is 9.47 Å². The van der Waals surface area contributed by atoms with Gasteiger partial charge in [-0.05, 0) is 104 Å². The number of methoxy groups -OCH3 is 1. The predicted octanol–water partition coefficient (Wildman–Crippen LogP) is 8.41. The van der Waals surface area contributed by atoms with E-state index in [0.29, 0.717) is 23.7 Å². The molecule has 0 aromatic rings. The van der Waals surface area contributed by atoms with E-state index < -0.39 is 0 Å².